The number of hydrogen-bond acceptors (Lipinski definition) is 3. The minimum Gasteiger partial charge on any atom is -0.309 e. The zero-order chi connectivity index (χ0) is 22.2. The molecule has 0 unspecified atom stereocenters. The van der Waals surface area contributed by atoms with Crippen LogP contribution in [0, 0.1) is 0 Å². The Kier molecular flexibility index (Phi) is 3.57. The van der Waals surface area contributed by atoms with Crippen LogP contribution in [0.15, 0.2) is 109 Å². The van der Waals surface area contributed by atoms with E-state index in [2.05, 4.69) is 107 Å². The van der Waals surface area contributed by atoms with Crippen molar-refractivity contribution in [1.29, 1.82) is 0 Å². The molecular weight excluding hydrogens is 432 g/mol. The van der Waals surface area contributed by atoms with E-state index >= 15 is 0 Å². The summed E-state index contributed by atoms with van der Waals surface area (Å²) in [5.41, 5.74) is 6.01. The number of thiophene rings is 1. The molecule has 0 fully saturated rings. The molecule has 0 saturated heterocycles. The van der Waals surface area contributed by atoms with E-state index in [4.69, 9.17) is 0 Å². The molecule has 5 aromatic carbocycles. The van der Waals surface area contributed by atoms with Gasteiger partial charge in [0.15, 0.2) is 0 Å². The zero-order valence-corrected chi connectivity index (χ0v) is 19.0. The highest BCUT2D eigenvalue weighted by molar-refractivity contribution is 7.26. The summed E-state index contributed by atoms with van der Waals surface area (Å²) >= 11 is 1.88. The fraction of sp³-hybridized carbons (Fsp3) is 0. The van der Waals surface area contributed by atoms with Gasteiger partial charge in [-0.05, 0) is 58.1 Å². The Balaban J connectivity index is 1.53. The van der Waals surface area contributed by atoms with Crippen molar-refractivity contribution in [2.24, 2.45) is 0 Å². The fourth-order valence-corrected chi connectivity index (χ4v) is 6.75. The van der Waals surface area contributed by atoms with E-state index in [1.807, 2.05) is 23.7 Å². The lowest BCUT2D eigenvalue weighted by Crippen LogP contribution is -2.15. The molecule has 0 amide bonds. The topological polar surface area (TPSA) is 16.1 Å². The molecule has 0 saturated carbocycles. The van der Waals surface area contributed by atoms with Crippen molar-refractivity contribution in [2.45, 2.75) is 0 Å². The Bertz CT molecular complexity index is 1930. The van der Waals surface area contributed by atoms with Gasteiger partial charge in [0.1, 0.15) is 0 Å². The summed E-state index contributed by atoms with van der Waals surface area (Å²) in [6, 6.07) is 35.3. The Labute approximate surface area is 200 Å². The average Bonchev–Trinajstić information content (AvgIpc) is 3.27. The maximum absolute atomic E-state index is 4.54. The Hall–Kier alpha value is -4.21. The van der Waals surface area contributed by atoms with Crippen LogP contribution >= 0.6 is 11.3 Å². The van der Waals surface area contributed by atoms with Crippen molar-refractivity contribution in [3.8, 4) is 11.1 Å². The largest absolute Gasteiger partial charge is 0.309 e. The first-order valence-electron chi connectivity index (χ1n) is 11.5. The normalized spacial score (nSPS) is 12.6. The summed E-state index contributed by atoms with van der Waals surface area (Å²) in [5, 5.41) is 7.79. The minimum absolute atomic E-state index is 1.17. The van der Waals surface area contributed by atoms with E-state index in [1.54, 1.807) is 0 Å². The molecule has 0 aliphatic carbocycles. The number of pyridine rings is 1. The van der Waals surface area contributed by atoms with E-state index in [9.17, 15) is 0 Å². The number of rotatable bonds is 1. The molecule has 8 rings (SSSR count). The Morgan fingerprint density at radius 3 is 2.41 bits per heavy atom. The molecule has 1 aliphatic rings. The van der Waals surface area contributed by atoms with Crippen molar-refractivity contribution >= 4 is 70.1 Å². The first kappa shape index (κ1) is 18.2. The van der Waals surface area contributed by atoms with Gasteiger partial charge in [0.25, 0.3) is 0 Å². The Morgan fingerprint density at radius 2 is 1.44 bits per heavy atom. The third-order valence-electron chi connectivity index (χ3n) is 7.04. The molecule has 0 radical (unpaired) electrons. The van der Waals surface area contributed by atoms with Gasteiger partial charge in [0, 0.05) is 49.2 Å². The van der Waals surface area contributed by atoms with Crippen LogP contribution < -0.4 is 4.90 Å². The van der Waals surface area contributed by atoms with Gasteiger partial charge in [-0.15, -0.1) is 11.3 Å². The van der Waals surface area contributed by atoms with Crippen molar-refractivity contribution in [1.82, 2.24) is 4.98 Å². The van der Waals surface area contributed by atoms with Crippen molar-refractivity contribution in [3.63, 3.8) is 0 Å². The van der Waals surface area contributed by atoms with Gasteiger partial charge in [-0.3, -0.25) is 4.98 Å². The molecule has 0 N–H and O–H groups in total. The summed E-state index contributed by atoms with van der Waals surface area (Å²) in [6.45, 7) is 0. The second-order valence-electron chi connectivity index (χ2n) is 8.85. The summed E-state index contributed by atoms with van der Waals surface area (Å²) in [6.07, 6.45) is 3.92. The maximum Gasteiger partial charge on any atom is 0.0571 e. The molecule has 0 atom stereocenters. The third kappa shape index (κ3) is 2.37. The third-order valence-corrected chi connectivity index (χ3v) is 8.16. The lowest BCUT2D eigenvalue weighted by Gasteiger charge is -2.33. The molecule has 3 heteroatoms. The van der Waals surface area contributed by atoms with Crippen LogP contribution in [0.5, 0.6) is 0 Å². The van der Waals surface area contributed by atoms with Gasteiger partial charge in [0.2, 0.25) is 0 Å². The smallest absolute Gasteiger partial charge is 0.0571 e. The van der Waals surface area contributed by atoms with Crippen LogP contribution in [0.1, 0.15) is 0 Å². The molecular formula is C31H18N2S. The van der Waals surface area contributed by atoms with Gasteiger partial charge < -0.3 is 4.90 Å². The van der Waals surface area contributed by atoms with E-state index in [-0.39, 0.29) is 0 Å². The Morgan fingerprint density at radius 1 is 0.588 bits per heavy atom. The number of nitrogens with zero attached hydrogens (tertiary/aromatic N) is 2. The van der Waals surface area contributed by atoms with Crippen LogP contribution in [-0.4, -0.2) is 4.98 Å². The molecule has 2 nitrogen and oxygen atoms in total. The summed E-state index contributed by atoms with van der Waals surface area (Å²) in [7, 11) is 0. The molecule has 0 spiro atoms. The minimum atomic E-state index is 1.17. The van der Waals surface area contributed by atoms with E-state index in [0.717, 1.165) is 0 Å². The highest BCUT2D eigenvalue weighted by Gasteiger charge is 2.27. The predicted octanol–water partition coefficient (Wildman–Crippen LogP) is 9.21. The van der Waals surface area contributed by atoms with Crippen LogP contribution in [0.25, 0.3) is 52.8 Å². The van der Waals surface area contributed by atoms with E-state index < -0.39 is 0 Å². The van der Waals surface area contributed by atoms with Gasteiger partial charge in [-0.25, -0.2) is 0 Å². The second kappa shape index (κ2) is 6.66. The van der Waals surface area contributed by atoms with Crippen molar-refractivity contribution in [2.75, 3.05) is 4.90 Å². The zero-order valence-electron chi connectivity index (χ0n) is 18.2. The predicted molar refractivity (Wildman–Crippen MR) is 146 cm³/mol. The molecule has 7 aromatic rings. The number of fused-ring (bicyclic) bond motifs is 7. The highest BCUT2D eigenvalue weighted by atomic mass is 32.1. The highest BCUT2D eigenvalue weighted by Crippen LogP contribution is 2.53. The van der Waals surface area contributed by atoms with Crippen LogP contribution in [-0.2, 0) is 0 Å². The fourth-order valence-electron chi connectivity index (χ4n) is 5.59. The van der Waals surface area contributed by atoms with Crippen LogP contribution in [0.4, 0.5) is 17.1 Å². The summed E-state index contributed by atoms with van der Waals surface area (Å²) < 4.78 is 2.66. The van der Waals surface area contributed by atoms with Gasteiger partial charge in [-0.2, -0.15) is 0 Å². The number of benzene rings is 5. The lowest BCUT2D eigenvalue weighted by molar-refractivity contribution is 1.24. The average molecular weight is 451 g/mol. The SMILES string of the molecule is c1ccc2cc(N3c4ccncc4-c4cc5sc6ccccc6c5c5cccc3c45)ccc2c1. The standard InChI is InChI=1S/C31H18N2S/c1-2-7-20-16-21(13-12-19(20)6-1)33-26-14-15-32-18-25(26)24-17-29-31(22-8-3-4-11-28(22)34-29)23-9-5-10-27(33)30(23)24/h1-18H. The molecule has 158 valence electrons. The summed E-state index contributed by atoms with van der Waals surface area (Å²) in [4.78, 5) is 6.94. The number of anilines is 3. The first-order valence-corrected chi connectivity index (χ1v) is 12.3. The molecule has 1 aliphatic heterocycles. The second-order valence-corrected chi connectivity index (χ2v) is 9.94. The van der Waals surface area contributed by atoms with Crippen LogP contribution in [0.3, 0.4) is 0 Å². The maximum atomic E-state index is 4.54. The number of hydrogen-bond donors (Lipinski definition) is 0. The van der Waals surface area contributed by atoms with Gasteiger partial charge >= 0.3 is 0 Å². The monoisotopic (exact) mass is 450 g/mol. The van der Waals surface area contributed by atoms with Crippen molar-refractivity contribution in [3.05, 3.63) is 109 Å². The summed E-state index contributed by atoms with van der Waals surface area (Å²) in [5.74, 6) is 0. The lowest BCUT2D eigenvalue weighted by atomic mass is 9.90. The molecule has 0 bridgehead atoms. The number of aromatic nitrogens is 1. The van der Waals surface area contributed by atoms with Crippen LogP contribution in [0.2, 0.25) is 0 Å². The van der Waals surface area contributed by atoms with Crippen molar-refractivity contribution < 1.29 is 0 Å². The molecule has 2 aromatic heterocycles. The van der Waals surface area contributed by atoms with E-state index in [1.165, 1.54) is 69.9 Å². The quantitative estimate of drug-likeness (QED) is 0.248. The van der Waals surface area contributed by atoms with Gasteiger partial charge in [-0.1, -0.05) is 60.7 Å². The molecule has 34 heavy (non-hydrogen) atoms. The molecule has 3 heterocycles. The first-order chi connectivity index (χ1) is 16.9. The van der Waals surface area contributed by atoms with E-state index in [0.29, 0.717) is 0 Å². The van der Waals surface area contributed by atoms with Gasteiger partial charge in [0.05, 0.1) is 11.4 Å².